The van der Waals surface area contributed by atoms with Gasteiger partial charge in [-0.1, -0.05) is 42.5 Å². The summed E-state index contributed by atoms with van der Waals surface area (Å²) < 4.78 is 30.5. The molecular weight excluding hydrogens is 364 g/mol. The first kappa shape index (κ1) is 20.9. The van der Waals surface area contributed by atoms with E-state index in [-0.39, 0.29) is 25.4 Å². The third kappa shape index (κ3) is 7.40. The van der Waals surface area contributed by atoms with Crippen LogP contribution in [0.1, 0.15) is 11.1 Å². The standard InChI is InChI=1S/C20H26N2O4S/c1-26-19-10-8-17(9-11-19)12-14-22(27(2,24)25)15-13-21-20(23)16-18-6-4-3-5-7-18/h3-11H,12-16H2,1-2H3,(H,21,23). The molecule has 2 aromatic rings. The van der Waals surface area contributed by atoms with E-state index >= 15 is 0 Å². The number of rotatable bonds is 10. The van der Waals surface area contributed by atoms with Crippen LogP contribution in [0.2, 0.25) is 0 Å². The third-order valence-corrected chi connectivity index (χ3v) is 5.47. The van der Waals surface area contributed by atoms with Crippen LogP contribution in [0.4, 0.5) is 0 Å². The Labute approximate surface area is 161 Å². The van der Waals surface area contributed by atoms with E-state index in [0.717, 1.165) is 16.9 Å². The first-order valence-corrected chi connectivity index (χ1v) is 10.6. The maximum atomic E-state index is 12.0. The lowest BCUT2D eigenvalue weighted by Gasteiger charge is -2.20. The summed E-state index contributed by atoms with van der Waals surface area (Å²) in [5, 5.41) is 2.79. The van der Waals surface area contributed by atoms with Crippen molar-refractivity contribution in [2.45, 2.75) is 12.8 Å². The number of nitrogens with one attached hydrogen (secondary N) is 1. The lowest BCUT2D eigenvalue weighted by atomic mass is 10.1. The van der Waals surface area contributed by atoms with Gasteiger partial charge in [0.2, 0.25) is 15.9 Å². The summed E-state index contributed by atoms with van der Waals surface area (Å²) in [6, 6.07) is 17.0. The topological polar surface area (TPSA) is 75.7 Å². The number of hydrogen-bond acceptors (Lipinski definition) is 4. The van der Waals surface area contributed by atoms with Gasteiger partial charge >= 0.3 is 0 Å². The van der Waals surface area contributed by atoms with Crippen molar-refractivity contribution in [3.05, 3.63) is 65.7 Å². The minimum Gasteiger partial charge on any atom is -0.497 e. The zero-order valence-electron chi connectivity index (χ0n) is 15.7. The van der Waals surface area contributed by atoms with Crippen molar-refractivity contribution in [1.29, 1.82) is 0 Å². The average Bonchev–Trinajstić information content (AvgIpc) is 2.64. The summed E-state index contributed by atoms with van der Waals surface area (Å²) in [5.74, 6) is 0.643. The van der Waals surface area contributed by atoms with E-state index in [1.807, 2.05) is 54.6 Å². The second kappa shape index (κ2) is 10.1. The van der Waals surface area contributed by atoms with Gasteiger partial charge in [-0.25, -0.2) is 12.7 Å². The molecule has 7 heteroatoms. The van der Waals surface area contributed by atoms with Crippen LogP contribution in [-0.4, -0.2) is 51.6 Å². The van der Waals surface area contributed by atoms with E-state index in [0.29, 0.717) is 13.0 Å². The summed E-state index contributed by atoms with van der Waals surface area (Å²) in [6.45, 7) is 0.886. The number of sulfonamides is 1. The van der Waals surface area contributed by atoms with Crippen LogP contribution in [0.15, 0.2) is 54.6 Å². The Morgan fingerprint density at radius 3 is 2.26 bits per heavy atom. The SMILES string of the molecule is COc1ccc(CCN(CCNC(=O)Cc2ccccc2)S(C)(=O)=O)cc1. The molecule has 0 aliphatic carbocycles. The Balaban J connectivity index is 1.82. The summed E-state index contributed by atoms with van der Waals surface area (Å²) >= 11 is 0. The second-order valence-corrected chi connectivity index (χ2v) is 8.25. The summed E-state index contributed by atoms with van der Waals surface area (Å²) in [4.78, 5) is 12.0. The van der Waals surface area contributed by atoms with Crippen LogP contribution < -0.4 is 10.1 Å². The Kier molecular flexibility index (Phi) is 7.82. The van der Waals surface area contributed by atoms with Gasteiger partial charge in [0.1, 0.15) is 5.75 Å². The Bertz CT molecular complexity index is 821. The molecule has 146 valence electrons. The number of carbonyl (C=O) groups is 1. The van der Waals surface area contributed by atoms with Crippen LogP contribution in [0.3, 0.4) is 0 Å². The van der Waals surface area contributed by atoms with Crippen LogP contribution in [0.5, 0.6) is 5.75 Å². The average molecular weight is 391 g/mol. The van der Waals surface area contributed by atoms with Gasteiger partial charge in [-0.15, -0.1) is 0 Å². The molecule has 0 aromatic heterocycles. The summed E-state index contributed by atoms with van der Waals surface area (Å²) in [5.41, 5.74) is 1.95. The fourth-order valence-corrected chi connectivity index (χ4v) is 3.50. The van der Waals surface area contributed by atoms with E-state index in [2.05, 4.69) is 5.32 Å². The number of amides is 1. The Morgan fingerprint density at radius 2 is 1.67 bits per heavy atom. The van der Waals surface area contributed by atoms with E-state index in [4.69, 9.17) is 4.74 Å². The van der Waals surface area contributed by atoms with Crippen molar-refractivity contribution in [1.82, 2.24) is 9.62 Å². The second-order valence-electron chi connectivity index (χ2n) is 6.27. The highest BCUT2D eigenvalue weighted by atomic mass is 32.2. The van der Waals surface area contributed by atoms with Gasteiger partial charge in [0.05, 0.1) is 19.8 Å². The van der Waals surface area contributed by atoms with Gasteiger partial charge in [0.25, 0.3) is 0 Å². The minimum absolute atomic E-state index is 0.121. The molecule has 0 aliphatic heterocycles. The molecule has 1 amide bonds. The largest absolute Gasteiger partial charge is 0.497 e. The van der Waals surface area contributed by atoms with E-state index in [1.165, 1.54) is 10.6 Å². The molecule has 0 bridgehead atoms. The Morgan fingerprint density at radius 1 is 1.00 bits per heavy atom. The number of benzene rings is 2. The number of nitrogens with zero attached hydrogens (tertiary/aromatic N) is 1. The molecule has 0 radical (unpaired) electrons. The van der Waals surface area contributed by atoms with Gasteiger partial charge < -0.3 is 10.1 Å². The van der Waals surface area contributed by atoms with E-state index < -0.39 is 10.0 Å². The number of hydrogen-bond donors (Lipinski definition) is 1. The van der Waals surface area contributed by atoms with Crippen LogP contribution in [0, 0.1) is 0 Å². The van der Waals surface area contributed by atoms with Gasteiger partial charge in [-0.3, -0.25) is 4.79 Å². The molecule has 27 heavy (non-hydrogen) atoms. The van der Waals surface area contributed by atoms with Crippen molar-refractivity contribution >= 4 is 15.9 Å². The molecule has 1 N–H and O–H groups in total. The third-order valence-electron chi connectivity index (χ3n) is 4.17. The summed E-state index contributed by atoms with van der Waals surface area (Å²) in [7, 11) is -1.74. The highest BCUT2D eigenvalue weighted by Crippen LogP contribution is 2.12. The fourth-order valence-electron chi connectivity index (χ4n) is 2.65. The molecule has 0 unspecified atom stereocenters. The molecule has 0 atom stereocenters. The molecule has 0 spiro atoms. The minimum atomic E-state index is -3.35. The number of ether oxygens (including phenoxy) is 1. The van der Waals surface area contributed by atoms with Gasteiger partial charge in [0.15, 0.2) is 0 Å². The lowest BCUT2D eigenvalue weighted by molar-refractivity contribution is -0.120. The maximum Gasteiger partial charge on any atom is 0.224 e. The highest BCUT2D eigenvalue weighted by Gasteiger charge is 2.16. The monoisotopic (exact) mass is 390 g/mol. The zero-order valence-corrected chi connectivity index (χ0v) is 16.5. The van der Waals surface area contributed by atoms with Gasteiger partial charge in [-0.05, 0) is 29.7 Å². The zero-order chi connectivity index (χ0) is 19.7. The normalized spacial score (nSPS) is 11.4. The van der Waals surface area contributed by atoms with Gasteiger partial charge in [-0.2, -0.15) is 0 Å². The van der Waals surface area contributed by atoms with Crippen molar-refractivity contribution in [3.63, 3.8) is 0 Å². The fraction of sp³-hybridized carbons (Fsp3) is 0.350. The van der Waals surface area contributed by atoms with Crippen LogP contribution in [0.25, 0.3) is 0 Å². The van der Waals surface area contributed by atoms with Crippen molar-refractivity contribution < 1.29 is 17.9 Å². The quantitative estimate of drug-likeness (QED) is 0.672. The smallest absolute Gasteiger partial charge is 0.224 e. The number of methoxy groups -OCH3 is 1. The van der Waals surface area contributed by atoms with E-state index in [1.54, 1.807) is 7.11 Å². The molecule has 6 nitrogen and oxygen atoms in total. The van der Waals surface area contributed by atoms with Crippen molar-refractivity contribution in [2.75, 3.05) is 33.0 Å². The van der Waals surface area contributed by atoms with Gasteiger partial charge in [0, 0.05) is 19.6 Å². The molecule has 0 aliphatic rings. The first-order chi connectivity index (χ1) is 12.9. The van der Waals surface area contributed by atoms with Crippen LogP contribution >= 0.6 is 0 Å². The maximum absolute atomic E-state index is 12.0. The number of carbonyl (C=O) groups excluding carboxylic acids is 1. The Hall–Kier alpha value is -2.38. The molecule has 2 aromatic carbocycles. The van der Waals surface area contributed by atoms with Crippen LogP contribution in [-0.2, 0) is 27.7 Å². The lowest BCUT2D eigenvalue weighted by Crippen LogP contribution is -2.39. The molecular formula is C20H26N2O4S. The highest BCUT2D eigenvalue weighted by molar-refractivity contribution is 7.88. The molecule has 0 heterocycles. The predicted octanol–water partition coefficient (Wildman–Crippen LogP) is 1.86. The molecule has 0 saturated heterocycles. The molecule has 0 saturated carbocycles. The first-order valence-electron chi connectivity index (χ1n) is 8.77. The molecule has 2 rings (SSSR count). The van der Waals surface area contributed by atoms with Crippen molar-refractivity contribution in [3.8, 4) is 5.75 Å². The van der Waals surface area contributed by atoms with E-state index in [9.17, 15) is 13.2 Å². The predicted molar refractivity (Wildman–Crippen MR) is 106 cm³/mol. The summed E-state index contributed by atoms with van der Waals surface area (Å²) in [6.07, 6.45) is 2.06. The van der Waals surface area contributed by atoms with Crippen molar-refractivity contribution in [2.24, 2.45) is 0 Å². The molecule has 0 fully saturated rings.